The number of benzene rings is 1. The van der Waals surface area contributed by atoms with Crippen LogP contribution < -0.4 is 4.72 Å². The van der Waals surface area contributed by atoms with Gasteiger partial charge in [0.2, 0.25) is 10.0 Å². The maximum atomic E-state index is 12.7. The maximum absolute atomic E-state index is 12.7. The lowest BCUT2D eigenvalue weighted by Gasteiger charge is -2.19. The van der Waals surface area contributed by atoms with Crippen LogP contribution in [0.5, 0.6) is 0 Å². The highest BCUT2D eigenvalue weighted by Gasteiger charge is 2.39. The Kier molecular flexibility index (Phi) is 4.13. The Balaban J connectivity index is 2.47. The summed E-state index contributed by atoms with van der Waals surface area (Å²) in [5, 5.41) is 9.21. The van der Waals surface area contributed by atoms with Crippen molar-refractivity contribution in [2.75, 3.05) is 0 Å². The van der Waals surface area contributed by atoms with Gasteiger partial charge in [-0.3, -0.25) is 4.79 Å². The van der Waals surface area contributed by atoms with Gasteiger partial charge in [-0.25, -0.2) is 8.42 Å². The zero-order valence-corrected chi connectivity index (χ0v) is 13.5. The second kappa shape index (κ2) is 5.42. The molecule has 0 radical (unpaired) electrons. The summed E-state index contributed by atoms with van der Waals surface area (Å²) in [6.07, 6.45) is 1.51. The van der Waals surface area contributed by atoms with Crippen LogP contribution >= 0.6 is 0 Å². The molecule has 1 atom stereocenters. The number of hydrogen-bond donors (Lipinski definition) is 2. The van der Waals surface area contributed by atoms with Crippen molar-refractivity contribution in [3.63, 3.8) is 0 Å². The van der Waals surface area contributed by atoms with Crippen molar-refractivity contribution in [3.8, 4) is 0 Å². The first-order valence-corrected chi connectivity index (χ1v) is 8.46. The highest BCUT2D eigenvalue weighted by Crippen LogP contribution is 2.34. The predicted molar refractivity (Wildman–Crippen MR) is 79.9 cm³/mol. The first-order valence-electron chi connectivity index (χ1n) is 6.97. The Morgan fingerprint density at radius 3 is 2.05 bits per heavy atom. The van der Waals surface area contributed by atoms with Crippen molar-refractivity contribution in [2.45, 2.75) is 51.5 Å². The van der Waals surface area contributed by atoms with Crippen LogP contribution in [0.1, 0.15) is 35.1 Å². The highest BCUT2D eigenvalue weighted by molar-refractivity contribution is 7.89. The number of carboxylic acid groups (broad SMARTS) is 1. The van der Waals surface area contributed by atoms with Crippen LogP contribution in [0.25, 0.3) is 0 Å². The molecule has 1 fully saturated rings. The maximum Gasteiger partial charge on any atom is 0.322 e. The fourth-order valence-corrected chi connectivity index (χ4v) is 4.46. The quantitative estimate of drug-likeness (QED) is 0.872. The molecule has 1 aliphatic carbocycles. The summed E-state index contributed by atoms with van der Waals surface area (Å²) in [6, 6.07) is 0.911. The SMILES string of the molecule is Cc1cc(C)c(C)c(S(=O)(=O)NC(C(=O)O)C2CC2)c1C. The second-order valence-electron chi connectivity index (χ2n) is 5.86. The molecule has 116 valence electrons. The third-order valence-electron chi connectivity index (χ3n) is 4.21. The molecule has 0 aromatic heterocycles. The van der Waals surface area contributed by atoms with E-state index in [1.54, 1.807) is 13.8 Å². The fraction of sp³-hybridized carbons (Fsp3) is 0.533. The summed E-state index contributed by atoms with van der Waals surface area (Å²) in [7, 11) is -3.85. The minimum absolute atomic E-state index is 0.0937. The molecule has 1 unspecified atom stereocenters. The molecule has 0 aliphatic heterocycles. The molecule has 1 aromatic carbocycles. The average Bonchev–Trinajstić information content (AvgIpc) is 3.17. The van der Waals surface area contributed by atoms with E-state index in [4.69, 9.17) is 0 Å². The van der Waals surface area contributed by atoms with Crippen molar-refractivity contribution in [2.24, 2.45) is 5.92 Å². The molecule has 1 aromatic rings. The molecule has 6 heteroatoms. The van der Waals surface area contributed by atoms with E-state index in [9.17, 15) is 18.3 Å². The molecule has 2 N–H and O–H groups in total. The van der Waals surface area contributed by atoms with Crippen LogP contribution in [0, 0.1) is 33.6 Å². The molecule has 1 saturated carbocycles. The second-order valence-corrected chi connectivity index (χ2v) is 7.51. The van der Waals surface area contributed by atoms with Crippen LogP contribution in [-0.4, -0.2) is 25.5 Å². The molecule has 0 bridgehead atoms. The standard InChI is InChI=1S/C15H21NO4S/c1-8-7-9(2)11(4)14(10(8)3)21(19,20)16-13(15(17)18)12-5-6-12/h7,12-13,16H,5-6H2,1-4H3,(H,17,18). The molecule has 1 aliphatic rings. The summed E-state index contributed by atoms with van der Waals surface area (Å²) in [4.78, 5) is 11.5. The van der Waals surface area contributed by atoms with E-state index in [-0.39, 0.29) is 10.8 Å². The molecule has 0 saturated heterocycles. The van der Waals surface area contributed by atoms with Gasteiger partial charge in [0, 0.05) is 0 Å². The van der Waals surface area contributed by atoms with Crippen molar-refractivity contribution >= 4 is 16.0 Å². The van der Waals surface area contributed by atoms with Gasteiger partial charge in [-0.15, -0.1) is 0 Å². The van der Waals surface area contributed by atoms with E-state index in [1.165, 1.54) is 0 Å². The van der Waals surface area contributed by atoms with Gasteiger partial charge in [0.05, 0.1) is 4.90 Å². The minimum atomic E-state index is -3.85. The number of rotatable bonds is 5. The summed E-state index contributed by atoms with van der Waals surface area (Å²) < 4.78 is 27.7. The van der Waals surface area contributed by atoms with Gasteiger partial charge in [-0.2, -0.15) is 4.72 Å². The highest BCUT2D eigenvalue weighted by atomic mass is 32.2. The number of sulfonamides is 1. The van der Waals surface area contributed by atoms with Gasteiger partial charge in [0.1, 0.15) is 6.04 Å². The molecular formula is C15H21NO4S. The van der Waals surface area contributed by atoms with E-state index >= 15 is 0 Å². The summed E-state index contributed by atoms with van der Waals surface area (Å²) >= 11 is 0. The zero-order chi connectivity index (χ0) is 15.9. The first-order chi connectivity index (χ1) is 9.65. The minimum Gasteiger partial charge on any atom is -0.480 e. The third kappa shape index (κ3) is 3.11. The average molecular weight is 311 g/mol. The topological polar surface area (TPSA) is 83.5 Å². The smallest absolute Gasteiger partial charge is 0.322 e. The van der Waals surface area contributed by atoms with Gasteiger partial charge in [0.15, 0.2) is 0 Å². The van der Waals surface area contributed by atoms with Crippen LogP contribution in [-0.2, 0) is 14.8 Å². The van der Waals surface area contributed by atoms with Gasteiger partial charge >= 0.3 is 5.97 Å². The van der Waals surface area contributed by atoms with Crippen molar-refractivity contribution in [3.05, 3.63) is 28.3 Å². The van der Waals surface area contributed by atoms with Crippen LogP contribution in [0.2, 0.25) is 0 Å². The van der Waals surface area contributed by atoms with Gasteiger partial charge < -0.3 is 5.11 Å². The molecule has 0 amide bonds. The molecular weight excluding hydrogens is 290 g/mol. The number of aryl methyl sites for hydroxylation is 2. The Bertz CT molecular complexity index is 664. The van der Waals surface area contributed by atoms with E-state index in [0.29, 0.717) is 11.1 Å². The Labute approximate surface area is 125 Å². The summed E-state index contributed by atoms with van der Waals surface area (Å²) in [6.45, 7) is 7.22. The van der Waals surface area contributed by atoms with E-state index in [0.717, 1.165) is 24.0 Å². The predicted octanol–water partition coefficient (Wildman–Crippen LogP) is 2.06. The Morgan fingerprint density at radius 2 is 1.67 bits per heavy atom. The first kappa shape index (κ1) is 16.0. The lowest BCUT2D eigenvalue weighted by atomic mass is 10.0. The zero-order valence-electron chi connectivity index (χ0n) is 12.7. The molecule has 21 heavy (non-hydrogen) atoms. The van der Waals surface area contributed by atoms with Crippen molar-refractivity contribution in [1.82, 2.24) is 4.72 Å². The van der Waals surface area contributed by atoms with E-state index < -0.39 is 22.0 Å². The normalized spacial score (nSPS) is 16.8. The van der Waals surface area contributed by atoms with Gasteiger partial charge in [-0.1, -0.05) is 6.07 Å². The monoisotopic (exact) mass is 311 g/mol. The lowest BCUT2D eigenvalue weighted by molar-refractivity contribution is -0.139. The van der Waals surface area contributed by atoms with Crippen LogP contribution in [0.4, 0.5) is 0 Å². The number of hydrogen-bond acceptors (Lipinski definition) is 3. The Hall–Kier alpha value is -1.40. The number of aliphatic carboxylic acids is 1. The van der Waals surface area contributed by atoms with Crippen LogP contribution in [0.15, 0.2) is 11.0 Å². The largest absolute Gasteiger partial charge is 0.480 e. The fourth-order valence-electron chi connectivity index (χ4n) is 2.59. The number of carbonyl (C=O) groups is 1. The Morgan fingerprint density at radius 1 is 1.19 bits per heavy atom. The number of carboxylic acids is 1. The van der Waals surface area contributed by atoms with Crippen LogP contribution in [0.3, 0.4) is 0 Å². The summed E-state index contributed by atoms with van der Waals surface area (Å²) in [5.41, 5.74) is 3.12. The summed E-state index contributed by atoms with van der Waals surface area (Å²) in [5.74, 6) is -1.20. The van der Waals surface area contributed by atoms with Gasteiger partial charge in [-0.05, 0) is 68.7 Å². The third-order valence-corrected chi connectivity index (χ3v) is 5.92. The molecule has 2 rings (SSSR count). The van der Waals surface area contributed by atoms with Gasteiger partial charge in [0.25, 0.3) is 0 Å². The molecule has 0 spiro atoms. The van der Waals surface area contributed by atoms with E-state index in [2.05, 4.69) is 4.72 Å². The van der Waals surface area contributed by atoms with E-state index in [1.807, 2.05) is 19.9 Å². The lowest BCUT2D eigenvalue weighted by Crippen LogP contribution is -2.42. The van der Waals surface area contributed by atoms with Crippen molar-refractivity contribution in [1.29, 1.82) is 0 Å². The molecule has 0 heterocycles. The van der Waals surface area contributed by atoms with Crippen molar-refractivity contribution < 1.29 is 18.3 Å². The number of nitrogens with one attached hydrogen (secondary N) is 1. The molecule has 5 nitrogen and oxygen atoms in total.